The smallest absolute Gasteiger partial charge is 0.257 e. The average Bonchev–Trinajstić information content (AvgIpc) is 2.43. The van der Waals surface area contributed by atoms with Gasteiger partial charge in [0.1, 0.15) is 11.6 Å². The van der Waals surface area contributed by atoms with Crippen LogP contribution in [0.2, 0.25) is 0 Å². The van der Waals surface area contributed by atoms with Crippen molar-refractivity contribution in [2.45, 2.75) is 0 Å². The van der Waals surface area contributed by atoms with Gasteiger partial charge in [-0.05, 0) is 52.3 Å². The first kappa shape index (κ1) is 14.3. The number of carbonyl (C=O) groups is 1. The molecule has 0 spiro atoms. The summed E-state index contributed by atoms with van der Waals surface area (Å²) in [6.45, 7) is 0. The number of carbonyl (C=O) groups excluding carboxylic acids is 1. The summed E-state index contributed by atoms with van der Waals surface area (Å²) in [4.78, 5) is 12.2. The maximum absolute atomic E-state index is 13.2. The van der Waals surface area contributed by atoms with Crippen molar-refractivity contribution in [2.75, 3.05) is 18.2 Å². The molecule has 0 fully saturated rings. The average molecular weight is 339 g/mol. The number of anilines is 2. The SMILES string of the molecule is COc1ccc(N)c(C(=O)Nc2cc(F)ccc2Br)c1. The van der Waals surface area contributed by atoms with Gasteiger partial charge in [0.05, 0.1) is 18.4 Å². The summed E-state index contributed by atoms with van der Waals surface area (Å²) in [6.07, 6.45) is 0. The van der Waals surface area contributed by atoms with Crippen LogP contribution in [0.3, 0.4) is 0 Å². The molecule has 0 saturated heterocycles. The Bertz CT molecular complexity index is 662. The summed E-state index contributed by atoms with van der Waals surface area (Å²) in [6, 6.07) is 8.79. The van der Waals surface area contributed by atoms with Crippen molar-refractivity contribution in [1.82, 2.24) is 0 Å². The molecule has 1 amide bonds. The molecule has 0 aliphatic heterocycles. The van der Waals surface area contributed by atoms with Gasteiger partial charge < -0.3 is 15.8 Å². The predicted octanol–water partition coefficient (Wildman–Crippen LogP) is 3.43. The van der Waals surface area contributed by atoms with E-state index in [2.05, 4.69) is 21.2 Å². The number of benzene rings is 2. The number of ether oxygens (including phenoxy) is 1. The van der Waals surface area contributed by atoms with E-state index in [-0.39, 0.29) is 5.56 Å². The number of methoxy groups -OCH3 is 1. The maximum Gasteiger partial charge on any atom is 0.257 e. The van der Waals surface area contributed by atoms with E-state index in [0.29, 0.717) is 21.6 Å². The number of nitrogens with two attached hydrogens (primary N) is 1. The quantitative estimate of drug-likeness (QED) is 0.842. The summed E-state index contributed by atoms with van der Waals surface area (Å²) < 4.78 is 18.8. The molecule has 0 aromatic heterocycles. The highest BCUT2D eigenvalue weighted by Crippen LogP contribution is 2.25. The Kier molecular flexibility index (Phi) is 4.24. The number of amides is 1. The number of rotatable bonds is 3. The molecule has 2 aromatic carbocycles. The largest absolute Gasteiger partial charge is 0.497 e. The number of hydrogen-bond donors (Lipinski definition) is 2. The van der Waals surface area contributed by atoms with Crippen LogP contribution in [0.1, 0.15) is 10.4 Å². The van der Waals surface area contributed by atoms with Gasteiger partial charge in [0, 0.05) is 10.2 Å². The van der Waals surface area contributed by atoms with Gasteiger partial charge in [-0.1, -0.05) is 0 Å². The Morgan fingerprint density at radius 1 is 1.30 bits per heavy atom. The molecule has 0 saturated carbocycles. The monoisotopic (exact) mass is 338 g/mol. The second-order valence-corrected chi connectivity index (χ2v) is 4.89. The first-order valence-corrected chi connectivity index (χ1v) is 6.50. The molecule has 2 aromatic rings. The van der Waals surface area contributed by atoms with E-state index in [1.54, 1.807) is 12.1 Å². The molecular weight excluding hydrogens is 327 g/mol. The molecule has 0 atom stereocenters. The summed E-state index contributed by atoms with van der Waals surface area (Å²) in [5.74, 6) is -0.363. The molecule has 0 bridgehead atoms. The van der Waals surface area contributed by atoms with Crippen LogP contribution >= 0.6 is 15.9 Å². The lowest BCUT2D eigenvalue weighted by Gasteiger charge is -2.10. The van der Waals surface area contributed by atoms with Crippen molar-refractivity contribution in [1.29, 1.82) is 0 Å². The standard InChI is InChI=1S/C14H12BrFN2O2/c1-20-9-3-5-12(17)10(7-9)14(19)18-13-6-8(16)2-4-11(13)15/h2-7H,17H2,1H3,(H,18,19). The van der Waals surface area contributed by atoms with Gasteiger partial charge in [0.15, 0.2) is 0 Å². The fraction of sp³-hybridized carbons (Fsp3) is 0.0714. The summed E-state index contributed by atoms with van der Waals surface area (Å²) in [7, 11) is 1.50. The summed E-state index contributed by atoms with van der Waals surface area (Å²) >= 11 is 3.24. The van der Waals surface area contributed by atoms with Gasteiger partial charge in [-0.3, -0.25) is 4.79 Å². The molecule has 4 nitrogen and oxygen atoms in total. The Morgan fingerprint density at radius 2 is 2.05 bits per heavy atom. The topological polar surface area (TPSA) is 64.3 Å². The second-order valence-electron chi connectivity index (χ2n) is 4.03. The third-order valence-electron chi connectivity index (χ3n) is 2.68. The lowest BCUT2D eigenvalue weighted by atomic mass is 10.1. The minimum Gasteiger partial charge on any atom is -0.497 e. The van der Waals surface area contributed by atoms with Crippen LogP contribution in [0.15, 0.2) is 40.9 Å². The first-order chi connectivity index (χ1) is 9.51. The lowest BCUT2D eigenvalue weighted by molar-refractivity contribution is 0.102. The van der Waals surface area contributed by atoms with Crippen molar-refractivity contribution in [3.05, 3.63) is 52.3 Å². The van der Waals surface area contributed by atoms with E-state index in [0.717, 1.165) is 0 Å². The zero-order chi connectivity index (χ0) is 14.7. The third-order valence-corrected chi connectivity index (χ3v) is 3.37. The van der Waals surface area contributed by atoms with E-state index >= 15 is 0 Å². The summed E-state index contributed by atoms with van der Waals surface area (Å²) in [5, 5.41) is 2.60. The molecule has 0 radical (unpaired) electrons. The highest BCUT2D eigenvalue weighted by Gasteiger charge is 2.13. The zero-order valence-corrected chi connectivity index (χ0v) is 12.2. The van der Waals surface area contributed by atoms with Crippen LogP contribution in [0.25, 0.3) is 0 Å². The van der Waals surface area contributed by atoms with Gasteiger partial charge in [0.2, 0.25) is 0 Å². The second kappa shape index (κ2) is 5.92. The highest BCUT2D eigenvalue weighted by atomic mass is 79.9. The molecular formula is C14H12BrFN2O2. The molecule has 3 N–H and O–H groups in total. The van der Waals surface area contributed by atoms with Crippen LogP contribution in [-0.4, -0.2) is 13.0 Å². The van der Waals surface area contributed by atoms with E-state index in [1.807, 2.05) is 0 Å². The Labute approximate surface area is 123 Å². The van der Waals surface area contributed by atoms with Crippen LogP contribution in [0, 0.1) is 5.82 Å². The highest BCUT2D eigenvalue weighted by molar-refractivity contribution is 9.10. The fourth-order valence-electron chi connectivity index (χ4n) is 1.64. The molecule has 104 valence electrons. The van der Waals surface area contributed by atoms with E-state index in [4.69, 9.17) is 10.5 Å². The van der Waals surface area contributed by atoms with E-state index < -0.39 is 11.7 Å². The number of hydrogen-bond acceptors (Lipinski definition) is 3. The third kappa shape index (κ3) is 3.08. The lowest BCUT2D eigenvalue weighted by Crippen LogP contribution is -2.14. The normalized spacial score (nSPS) is 10.2. The molecule has 6 heteroatoms. The van der Waals surface area contributed by atoms with Crippen LogP contribution in [0.4, 0.5) is 15.8 Å². The Balaban J connectivity index is 2.30. The van der Waals surface area contributed by atoms with Crippen molar-refractivity contribution >= 4 is 33.2 Å². The van der Waals surface area contributed by atoms with E-state index in [1.165, 1.54) is 31.4 Å². The predicted molar refractivity (Wildman–Crippen MR) is 79.5 cm³/mol. The fourth-order valence-corrected chi connectivity index (χ4v) is 1.99. The van der Waals surface area contributed by atoms with Gasteiger partial charge in [0.25, 0.3) is 5.91 Å². The van der Waals surface area contributed by atoms with Gasteiger partial charge >= 0.3 is 0 Å². The maximum atomic E-state index is 13.2. The molecule has 2 rings (SSSR count). The van der Waals surface area contributed by atoms with Gasteiger partial charge in [-0.15, -0.1) is 0 Å². The summed E-state index contributed by atoms with van der Waals surface area (Å²) in [5.41, 5.74) is 6.68. The molecule has 0 unspecified atom stereocenters. The van der Waals surface area contributed by atoms with E-state index in [9.17, 15) is 9.18 Å². The number of nitrogens with one attached hydrogen (secondary N) is 1. The molecule has 20 heavy (non-hydrogen) atoms. The molecule has 0 heterocycles. The van der Waals surface area contributed by atoms with Gasteiger partial charge in [-0.2, -0.15) is 0 Å². The molecule has 0 aliphatic carbocycles. The number of halogens is 2. The Hall–Kier alpha value is -2.08. The number of nitrogen functional groups attached to an aromatic ring is 1. The van der Waals surface area contributed by atoms with Crippen molar-refractivity contribution in [3.63, 3.8) is 0 Å². The minimum absolute atomic E-state index is 0.264. The van der Waals surface area contributed by atoms with Crippen LogP contribution in [0.5, 0.6) is 5.75 Å². The first-order valence-electron chi connectivity index (χ1n) is 5.71. The molecule has 0 aliphatic rings. The van der Waals surface area contributed by atoms with Crippen LogP contribution < -0.4 is 15.8 Å². The van der Waals surface area contributed by atoms with Crippen molar-refractivity contribution in [3.8, 4) is 5.75 Å². The van der Waals surface area contributed by atoms with Crippen LogP contribution in [-0.2, 0) is 0 Å². The Morgan fingerprint density at radius 3 is 2.75 bits per heavy atom. The minimum atomic E-state index is -0.442. The zero-order valence-electron chi connectivity index (χ0n) is 10.6. The van der Waals surface area contributed by atoms with Crippen molar-refractivity contribution in [2.24, 2.45) is 0 Å². The van der Waals surface area contributed by atoms with Gasteiger partial charge in [-0.25, -0.2) is 4.39 Å². The van der Waals surface area contributed by atoms with Crippen molar-refractivity contribution < 1.29 is 13.9 Å².